The van der Waals surface area contributed by atoms with Gasteiger partial charge in [0.05, 0.1) is 0 Å². The minimum atomic E-state index is -2.99. The van der Waals surface area contributed by atoms with Gasteiger partial charge < -0.3 is 0 Å². The molecule has 0 radical (unpaired) electrons. The Balaban J connectivity index is 2.32. The van der Waals surface area contributed by atoms with Crippen molar-refractivity contribution in [3.05, 3.63) is 89.5 Å². The van der Waals surface area contributed by atoms with E-state index in [1.165, 1.54) is 32.6 Å². The van der Waals surface area contributed by atoms with E-state index in [2.05, 4.69) is 109 Å². The third-order valence-electron chi connectivity index (χ3n) is 5.84. The van der Waals surface area contributed by atoms with Crippen LogP contribution in [0.3, 0.4) is 0 Å². The molecule has 3 aromatic carbocycles. The molecule has 0 aromatic heterocycles. The zero-order valence-electron chi connectivity index (χ0n) is 17.9. The summed E-state index contributed by atoms with van der Waals surface area (Å²) in [5, 5.41) is 10.1. The summed E-state index contributed by atoms with van der Waals surface area (Å²) >= 11 is 4.47. The molecule has 2 nitrogen and oxygen atoms in total. The number of carboxylic acid groups (broad SMARTS) is 1. The molecular weight excluding hydrogens is 455 g/mol. The fraction of sp³-hybridized carbons (Fsp3) is 0.269. The molecule has 3 aromatic rings. The molecule has 30 heavy (non-hydrogen) atoms. The Hall–Kier alpha value is -1.96. The molecule has 0 aliphatic carbocycles. The fourth-order valence-electron chi connectivity index (χ4n) is 4.27. The zero-order valence-corrected chi connectivity index (χ0v) is 20.4. The van der Waals surface area contributed by atoms with Gasteiger partial charge in [-0.15, -0.1) is 0 Å². The summed E-state index contributed by atoms with van der Waals surface area (Å²) in [4.78, 5) is 11.1. The van der Waals surface area contributed by atoms with E-state index >= 15 is 0 Å². The molecule has 0 aliphatic heterocycles. The summed E-state index contributed by atoms with van der Waals surface area (Å²) in [7, 11) is 0. The number of rotatable bonds is 8. The van der Waals surface area contributed by atoms with Gasteiger partial charge >= 0.3 is 188 Å². The first-order valence-corrected chi connectivity index (χ1v) is 14.8. The Labute approximate surface area is 188 Å². The summed E-state index contributed by atoms with van der Waals surface area (Å²) in [6.45, 7) is 6.40. The minimum absolute atomic E-state index is 0.203. The number of unbranched alkanes of at least 4 members (excludes halogenated alkanes) is 1. The van der Waals surface area contributed by atoms with Crippen LogP contribution >= 0.6 is 20.8 Å². The average Bonchev–Trinajstić information content (AvgIpc) is 2.71. The van der Waals surface area contributed by atoms with Gasteiger partial charge in [0.15, 0.2) is 0 Å². The van der Waals surface area contributed by atoms with Crippen LogP contribution in [-0.4, -0.2) is 17.2 Å². The second-order valence-electron chi connectivity index (χ2n) is 8.27. The molecular formula is C26H30BrO2P. The van der Waals surface area contributed by atoms with Crippen LogP contribution < -0.4 is 15.9 Å². The molecule has 4 heteroatoms. The molecule has 0 atom stereocenters. The van der Waals surface area contributed by atoms with Crippen LogP contribution in [-0.2, 0) is 4.79 Å². The van der Waals surface area contributed by atoms with E-state index < -0.39 is 11.3 Å². The van der Waals surface area contributed by atoms with Gasteiger partial charge in [0.25, 0.3) is 0 Å². The Morgan fingerprint density at radius 2 is 1.17 bits per heavy atom. The van der Waals surface area contributed by atoms with Crippen LogP contribution in [0.1, 0.15) is 36.0 Å². The maximum absolute atomic E-state index is 11.1. The van der Waals surface area contributed by atoms with E-state index in [0.29, 0.717) is 6.42 Å². The van der Waals surface area contributed by atoms with E-state index in [9.17, 15) is 4.79 Å². The molecule has 0 spiro atoms. The second-order valence-corrected chi connectivity index (χ2v) is 17.3. The standard InChI is InChI=1S/C26H30BrO2P/c1-20-9-6-12-23(17-20)30(27,16-5-4-15-26(28)29,24-13-7-10-21(2)18-24)25-14-8-11-22(3)19-25/h6-14,17-19H,4-5,15-16H2,1-3H3,(H,28,29). The number of aryl methyl sites for hydroxylation is 3. The summed E-state index contributed by atoms with van der Waals surface area (Å²) in [6, 6.07) is 26.4. The van der Waals surface area contributed by atoms with Gasteiger partial charge in [0, 0.05) is 0 Å². The van der Waals surface area contributed by atoms with Crippen molar-refractivity contribution in [3.63, 3.8) is 0 Å². The zero-order chi connectivity index (χ0) is 21.8. The molecule has 158 valence electrons. The van der Waals surface area contributed by atoms with Gasteiger partial charge in [-0.05, 0) is 0 Å². The van der Waals surface area contributed by atoms with E-state index in [4.69, 9.17) is 5.11 Å². The van der Waals surface area contributed by atoms with E-state index in [0.717, 1.165) is 12.6 Å². The van der Waals surface area contributed by atoms with Crippen LogP contribution in [0.2, 0.25) is 0 Å². The fourth-order valence-corrected chi connectivity index (χ4v) is 12.1. The SMILES string of the molecule is Cc1cccc(P(Br)(CCCCC(=O)O)(c2cccc(C)c2)c2cccc(C)c2)c1. The molecule has 0 amide bonds. The number of halogens is 1. The van der Waals surface area contributed by atoms with Crippen molar-refractivity contribution in [1.82, 2.24) is 0 Å². The van der Waals surface area contributed by atoms with Crippen LogP contribution in [0.5, 0.6) is 0 Å². The summed E-state index contributed by atoms with van der Waals surface area (Å²) in [5.74, 6) is -0.730. The summed E-state index contributed by atoms with van der Waals surface area (Å²) in [6.07, 6.45) is 2.59. The van der Waals surface area contributed by atoms with E-state index in [-0.39, 0.29) is 6.42 Å². The predicted octanol–water partition coefficient (Wildman–Crippen LogP) is 6.01. The van der Waals surface area contributed by atoms with Crippen molar-refractivity contribution in [1.29, 1.82) is 0 Å². The molecule has 0 heterocycles. The summed E-state index contributed by atoms with van der Waals surface area (Å²) < 4.78 is 0. The molecule has 0 fully saturated rings. The maximum atomic E-state index is 11.1. The topological polar surface area (TPSA) is 37.3 Å². The molecule has 0 aliphatic rings. The Kier molecular flexibility index (Phi) is 6.84. The quantitative estimate of drug-likeness (QED) is 0.314. The number of aliphatic carboxylic acids is 1. The normalized spacial score (nSPS) is 12.9. The third kappa shape index (κ3) is 4.38. The molecule has 0 bridgehead atoms. The summed E-state index contributed by atoms with van der Waals surface area (Å²) in [5.41, 5.74) is 3.69. The van der Waals surface area contributed by atoms with Gasteiger partial charge in [-0.3, -0.25) is 0 Å². The van der Waals surface area contributed by atoms with E-state index in [1.54, 1.807) is 0 Å². The molecule has 0 saturated heterocycles. The Bertz CT molecular complexity index is 946. The number of carboxylic acids is 1. The van der Waals surface area contributed by atoms with Crippen molar-refractivity contribution in [2.24, 2.45) is 0 Å². The first-order chi connectivity index (χ1) is 14.2. The van der Waals surface area contributed by atoms with E-state index in [1.807, 2.05) is 0 Å². The third-order valence-corrected chi connectivity index (χ3v) is 15.8. The van der Waals surface area contributed by atoms with Crippen LogP contribution in [0.15, 0.2) is 72.8 Å². The van der Waals surface area contributed by atoms with Crippen molar-refractivity contribution in [2.45, 2.75) is 40.0 Å². The first kappa shape index (κ1) is 22.7. The molecule has 1 N–H and O–H groups in total. The molecule has 3 rings (SSSR count). The Morgan fingerprint density at radius 3 is 1.50 bits per heavy atom. The van der Waals surface area contributed by atoms with Crippen molar-refractivity contribution < 1.29 is 9.90 Å². The van der Waals surface area contributed by atoms with Crippen LogP contribution in [0.4, 0.5) is 0 Å². The Morgan fingerprint density at radius 1 is 0.767 bits per heavy atom. The monoisotopic (exact) mass is 484 g/mol. The predicted molar refractivity (Wildman–Crippen MR) is 135 cm³/mol. The number of carbonyl (C=O) groups is 1. The average molecular weight is 485 g/mol. The van der Waals surface area contributed by atoms with Crippen molar-refractivity contribution in [2.75, 3.05) is 6.16 Å². The van der Waals surface area contributed by atoms with Gasteiger partial charge in [0.2, 0.25) is 0 Å². The molecule has 0 unspecified atom stereocenters. The van der Waals surface area contributed by atoms with Gasteiger partial charge in [0.1, 0.15) is 0 Å². The van der Waals surface area contributed by atoms with Crippen LogP contribution in [0, 0.1) is 20.8 Å². The van der Waals surface area contributed by atoms with Gasteiger partial charge in [-0.2, -0.15) is 0 Å². The van der Waals surface area contributed by atoms with Crippen molar-refractivity contribution >= 4 is 42.7 Å². The van der Waals surface area contributed by atoms with Gasteiger partial charge in [-0.25, -0.2) is 0 Å². The van der Waals surface area contributed by atoms with Crippen LogP contribution in [0.25, 0.3) is 0 Å². The second kappa shape index (κ2) is 9.04. The molecule has 0 saturated carbocycles. The number of hydrogen-bond donors (Lipinski definition) is 1. The van der Waals surface area contributed by atoms with Crippen molar-refractivity contribution in [3.8, 4) is 0 Å². The number of hydrogen-bond acceptors (Lipinski definition) is 1. The first-order valence-electron chi connectivity index (χ1n) is 10.4. The van der Waals surface area contributed by atoms with Gasteiger partial charge in [-0.1, -0.05) is 0 Å². The number of benzene rings is 3.